The van der Waals surface area contributed by atoms with Gasteiger partial charge in [0.05, 0.1) is 0 Å². The second-order valence-corrected chi connectivity index (χ2v) is 5.58. The van der Waals surface area contributed by atoms with Crippen LogP contribution in [0, 0.1) is 6.92 Å². The number of aliphatic imine (C=N–C) groups is 1. The number of hydrogen-bond donors (Lipinski definition) is 2. The Kier molecular flexibility index (Phi) is 6.50. The van der Waals surface area contributed by atoms with Gasteiger partial charge in [-0.2, -0.15) is 4.98 Å². The Bertz CT molecular complexity index is 437. The lowest BCUT2D eigenvalue weighted by molar-refractivity contribution is 0.372. The molecule has 1 aromatic heterocycles. The highest BCUT2D eigenvalue weighted by Crippen LogP contribution is 2.17. The van der Waals surface area contributed by atoms with Crippen LogP contribution in [0.3, 0.4) is 0 Å². The fourth-order valence-electron chi connectivity index (χ4n) is 2.62. The van der Waals surface area contributed by atoms with Crippen LogP contribution in [0.4, 0.5) is 0 Å². The molecule has 118 valence electrons. The Hall–Kier alpha value is -1.59. The number of rotatable bonds is 6. The molecule has 1 aromatic rings. The standard InChI is InChI=1S/C15H27N5O/c1-3-16-15(19-13-8-5-4-6-9-13)17-11-7-10-14-18-12(2)20-21-14/h13H,3-11H2,1-2H3,(H2,16,17,19). The maximum Gasteiger partial charge on any atom is 0.226 e. The molecule has 1 aliphatic rings. The molecule has 6 nitrogen and oxygen atoms in total. The Balaban J connectivity index is 1.74. The molecule has 0 saturated heterocycles. The van der Waals surface area contributed by atoms with Gasteiger partial charge in [0.1, 0.15) is 0 Å². The molecule has 0 atom stereocenters. The first kappa shape index (κ1) is 15.8. The number of aryl methyl sites for hydroxylation is 2. The number of nitrogens with zero attached hydrogens (tertiary/aromatic N) is 3. The second kappa shape index (κ2) is 8.64. The molecule has 0 amide bonds. The molecule has 1 aliphatic carbocycles. The molecule has 1 heterocycles. The highest BCUT2D eigenvalue weighted by atomic mass is 16.5. The lowest BCUT2D eigenvalue weighted by Gasteiger charge is -2.24. The van der Waals surface area contributed by atoms with Gasteiger partial charge in [0, 0.05) is 25.6 Å². The van der Waals surface area contributed by atoms with Gasteiger partial charge in [-0.1, -0.05) is 24.4 Å². The molecule has 0 radical (unpaired) electrons. The zero-order valence-corrected chi connectivity index (χ0v) is 13.2. The predicted molar refractivity (Wildman–Crippen MR) is 83.3 cm³/mol. The van der Waals surface area contributed by atoms with E-state index in [-0.39, 0.29) is 0 Å². The molecule has 0 unspecified atom stereocenters. The minimum Gasteiger partial charge on any atom is -0.357 e. The number of guanidine groups is 1. The third kappa shape index (κ3) is 5.73. The fourth-order valence-corrected chi connectivity index (χ4v) is 2.62. The third-order valence-corrected chi connectivity index (χ3v) is 3.68. The quantitative estimate of drug-likeness (QED) is 0.478. The van der Waals surface area contributed by atoms with Gasteiger partial charge < -0.3 is 15.2 Å². The van der Waals surface area contributed by atoms with E-state index >= 15 is 0 Å². The van der Waals surface area contributed by atoms with Crippen molar-refractivity contribution in [2.75, 3.05) is 13.1 Å². The molecule has 0 aromatic carbocycles. The van der Waals surface area contributed by atoms with Crippen LogP contribution in [0.1, 0.15) is 57.2 Å². The molecule has 0 bridgehead atoms. The summed E-state index contributed by atoms with van der Waals surface area (Å²) in [5, 5.41) is 10.7. The average Bonchev–Trinajstić information content (AvgIpc) is 2.90. The molecule has 0 spiro atoms. The van der Waals surface area contributed by atoms with Crippen molar-refractivity contribution in [3.05, 3.63) is 11.7 Å². The molecule has 2 rings (SSSR count). The topological polar surface area (TPSA) is 75.3 Å². The van der Waals surface area contributed by atoms with Crippen LogP contribution in [-0.2, 0) is 6.42 Å². The molecular weight excluding hydrogens is 266 g/mol. The van der Waals surface area contributed by atoms with E-state index in [9.17, 15) is 0 Å². The van der Waals surface area contributed by atoms with E-state index in [1.54, 1.807) is 0 Å². The Morgan fingerprint density at radius 2 is 2.14 bits per heavy atom. The van der Waals surface area contributed by atoms with Gasteiger partial charge in [-0.05, 0) is 33.1 Å². The molecule has 2 N–H and O–H groups in total. The number of aromatic nitrogens is 2. The highest BCUT2D eigenvalue weighted by Gasteiger charge is 2.14. The number of nitrogens with one attached hydrogen (secondary N) is 2. The summed E-state index contributed by atoms with van der Waals surface area (Å²) in [4.78, 5) is 8.83. The van der Waals surface area contributed by atoms with Crippen molar-refractivity contribution in [3.63, 3.8) is 0 Å². The van der Waals surface area contributed by atoms with Gasteiger partial charge in [0.2, 0.25) is 5.89 Å². The van der Waals surface area contributed by atoms with Crippen LogP contribution in [0.15, 0.2) is 9.52 Å². The molecular formula is C15H27N5O. The highest BCUT2D eigenvalue weighted by molar-refractivity contribution is 5.80. The van der Waals surface area contributed by atoms with Crippen LogP contribution in [0.2, 0.25) is 0 Å². The van der Waals surface area contributed by atoms with Crippen LogP contribution in [-0.4, -0.2) is 35.2 Å². The normalized spacial score (nSPS) is 17.0. The maximum atomic E-state index is 5.10. The maximum absolute atomic E-state index is 5.10. The summed E-state index contributed by atoms with van der Waals surface area (Å²) in [7, 11) is 0. The van der Waals surface area contributed by atoms with Crippen molar-refractivity contribution in [1.29, 1.82) is 0 Å². The van der Waals surface area contributed by atoms with Crippen molar-refractivity contribution >= 4 is 5.96 Å². The lowest BCUT2D eigenvalue weighted by Crippen LogP contribution is -2.44. The zero-order chi connectivity index (χ0) is 14.9. The summed E-state index contributed by atoms with van der Waals surface area (Å²) >= 11 is 0. The monoisotopic (exact) mass is 293 g/mol. The van der Waals surface area contributed by atoms with Crippen molar-refractivity contribution in [3.8, 4) is 0 Å². The van der Waals surface area contributed by atoms with Gasteiger partial charge >= 0.3 is 0 Å². The summed E-state index contributed by atoms with van der Waals surface area (Å²) < 4.78 is 5.10. The smallest absolute Gasteiger partial charge is 0.226 e. The number of hydrogen-bond acceptors (Lipinski definition) is 4. The second-order valence-electron chi connectivity index (χ2n) is 5.58. The van der Waals surface area contributed by atoms with E-state index in [1.807, 2.05) is 6.92 Å². The van der Waals surface area contributed by atoms with E-state index in [2.05, 4.69) is 32.7 Å². The predicted octanol–water partition coefficient (Wildman–Crippen LogP) is 2.20. The largest absolute Gasteiger partial charge is 0.357 e. The van der Waals surface area contributed by atoms with Gasteiger partial charge in [0.25, 0.3) is 0 Å². The molecule has 1 saturated carbocycles. The first-order chi connectivity index (χ1) is 10.3. The van der Waals surface area contributed by atoms with Crippen LogP contribution >= 0.6 is 0 Å². The molecule has 6 heteroatoms. The lowest BCUT2D eigenvalue weighted by atomic mass is 9.96. The molecule has 1 fully saturated rings. The first-order valence-corrected chi connectivity index (χ1v) is 8.12. The zero-order valence-electron chi connectivity index (χ0n) is 13.2. The summed E-state index contributed by atoms with van der Waals surface area (Å²) in [6.07, 6.45) is 8.24. The Labute approximate surface area is 126 Å². The average molecular weight is 293 g/mol. The Morgan fingerprint density at radius 3 is 2.81 bits per heavy atom. The Morgan fingerprint density at radius 1 is 1.33 bits per heavy atom. The van der Waals surface area contributed by atoms with E-state index in [0.717, 1.165) is 31.9 Å². The molecule has 21 heavy (non-hydrogen) atoms. The van der Waals surface area contributed by atoms with E-state index in [4.69, 9.17) is 4.52 Å². The van der Waals surface area contributed by atoms with Crippen LogP contribution in [0.5, 0.6) is 0 Å². The van der Waals surface area contributed by atoms with Crippen molar-refractivity contribution in [2.45, 2.75) is 64.8 Å². The van der Waals surface area contributed by atoms with Gasteiger partial charge in [-0.3, -0.25) is 4.99 Å². The van der Waals surface area contributed by atoms with Gasteiger partial charge in [0.15, 0.2) is 11.8 Å². The van der Waals surface area contributed by atoms with Crippen molar-refractivity contribution in [2.24, 2.45) is 4.99 Å². The van der Waals surface area contributed by atoms with E-state index in [1.165, 1.54) is 32.1 Å². The summed E-state index contributed by atoms with van der Waals surface area (Å²) in [6.45, 7) is 5.59. The van der Waals surface area contributed by atoms with E-state index < -0.39 is 0 Å². The summed E-state index contributed by atoms with van der Waals surface area (Å²) in [6, 6.07) is 0.579. The fraction of sp³-hybridized carbons (Fsp3) is 0.800. The summed E-state index contributed by atoms with van der Waals surface area (Å²) in [5.74, 6) is 2.33. The minimum atomic E-state index is 0.579. The third-order valence-electron chi connectivity index (χ3n) is 3.68. The van der Waals surface area contributed by atoms with Crippen molar-refractivity contribution < 1.29 is 4.52 Å². The first-order valence-electron chi connectivity index (χ1n) is 8.12. The minimum absolute atomic E-state index is 0.579. The van der Waals surface area contributed by atoms with Crippen LogP contribution < -0.4 is 10.6 Å². The van der Waals surface area contributed by atoms with E-state index in [0.29, 0.717) is 17.8 Å². The van der Waals surface area contributed by atoms with Crippen LogP contribution in [0.25, 0.3) is 0 Å². The van der Waals surface area contributed by atoms with Crippen molar-refractivity contribution in [1.82, 2.24) is 20.8 Å². The SMILES string of the molecule is CCNC(=NCCCc1nc(C)no1)NC1CCCCC1. The van der Waals surface area contributed by atoms with Gasteiger partial charge in [-0.15, -0.1) is 0 Å². The van der Waals surface area contributed by atoms with Gasteiger partial charge in [-0.25, -0.2) is 0 Å². The molecule has 0 aliphatic heterocycles. The summed E-state index contributed by atoms with van der Waals surface area (Å²) in [5.41, 5.74) is 0.